The van der Waals surface area contributed by atoms with E-state index in [9.17, 15) is 62.7 Å². The molecule has 4 fully saturated rings. The maximum absolute atomic E-state index is 14.1. The summed E-state index contributed by atoms with van der Waals surface area (Å²) in [4.78, 5) is 36.1. The van der Waals surface area contributed by atoms with Gasteiger partial charge in [-0.15, -0.1) is 0 Å². The van der Waals surface area contributed by atoms with Gasteiger partial charge in [-0.05, 0) is 38.0 Å². The second-order valence-corrected chi connectivity index (χ2v) is 9.76. The quantitative estimate of drug-likeness (QED) is 0.171. The lowest BCUT2D eigenvalue weighted by Crippen LogP contribution is -2.69. The molecule has 38 heavy (non-hydrogen) atoms. The molecule has 4 rings (SSSR count). The van der Waals surface area contributed by atoms with Crippen molar-refractivity contribution in [3.63, 3.8) is 0 Å². The first-order valence-electron chi connectivity index (χ1n) is 10.9. The van der Waals surface area contributed by atoms with Gasteiger partial charge >= 0.3 is 47.8 Å². The van der Waals surface area contributed by atoms with Gasteiger partial charge in [0.25, 0.3) is 5.79 Å². The Labute approximate surface area is 206 Å². The van der Waals surface area contributed by atoms with Crippen molar-refractivity contribution >= 4 is 17.9 Å². The lowest BCUT2D eigenvalue weighted by Gasteiger charge is -2.62. The Kier molecular flexibility index (Phi) is 6.85. The zero-order valence-electron chi connectivity index (χ0n) is 19.2. The van der Waals surface area contributed by atoms with Crippen molar-refractivity contribution in [3.05, 3.63) is 12.7 Å². The SMILES string of the molecule is C=CC(=O)OC12CC3CC(C1)C(OC(=O)C(F)(F)C(C)(F)F)(OC(=O)C(F)(F)C(F)(F)C(F)(F)F)C(C3)C2. The molecule has 4 aliphatic rings. The fourth-order valence-corrected chi connectivity index (χ4v) is 5.49. The van der Waals surface area contributed by atoms with Gasteiger partial charge in [0, 0.05) is 24.8 Å². The summed E-state index contributed by atoms with van der Waals surface area (Å²) in [7, 11) is 0. The molecule has 0 heterocycles. The molecule has 4 bridgehead atoms. The highest BCUT2D eigenvalue weighted by molar-refractivity contribution is 5.82. The summed E-state index contributed by atoms with van der Waals surface area (Å²) in [6, 6.07) is 0. The third kappa shape index (κ3) is 4.48. The third-order valence-electron chi connectivity index (χ3n) is 7.07. The molecule has 0 aliphatic heterocycles. The number of carbonyl (C=O) groups is 3. The molecule has 0 amide bonds. The smallest absolute Gasteiger partial charge is 0.456 e. The highest BCUT2D eigenvalue weighted by Gasteiger charge is 2.79. The Bertz CT molecular complexity index is 1000. The first kappa shape index (κ1) is 29.9. The zero-order valence-corrected chi connectivity index (χ0v) is 19.2. The van der Waals surface area contributed by atoms with Gasteiger partial charge in [0.15, 0.2) is 0 Å². The van der Waals surface area contributed by atoms with Gasteiger partial charge in [0.2, 0.25) is 0 Å². The van der Waals surface area contributed by atoms with Crippen LogP contribution in [0, 0.1) is 17.8 Å². The summed E-state index contributed by atoms with van der Waals surface area (Å²) in [6.07, 6.45) is -7.97. The van der Waals surface area contributed by atoms with E-state index in [-0.39, 0.29) is 19.3 Å². The van der Waals surface area contributed by atoms with E-state index < -0.39 is 96.7 Å². The van der Waals surface area contributed by atoms with E-state index in [1.54, 1.807) is 0 Å². The maximum Gasteiger partial charge on any atom is 0.460 e. The molecule has 216 valence electrons. The molecule has 6 nitrogen and oxygen atoms in total. The van der Waals surface area contributed by atoms with Gasteiger partial charge in [-0.2, -0.15) is 48.3 Å². The summed E-state index contributed by atoms with van der Waals surface area (Å²) in [5, 5.41) is 0. The van der Waals surface area contributed by atoms with Crippen LogP contribution in [-0.4, -0.2) is 59.2 Å². The second kappa shape index (κ2) is 8.69. The fourth-order valence-electron chi connectivity index (χ4n) is 5.49. The first-order valence-corrected chi connectivity index (χ1v) is 10.9. The summed E-state index contributed by atoms with van der Waals surface area (Å²) in [5.74, 6) is -39.4. The number of halogens is 11. The predicted octanol–water partition coefficient (Wildman–Crippen LogP) is 5.20. The number of ether oxygens (including phenoxy) is 3. The molecular weight excluding hydrogens is 557 g/mol. The lowest BCUT2D eigenvalue weighted by atomic mass is 9.51. The molecule has 0 aromatic rings. The summed E-state index contributed by atoms with van der Waals surface area (Å²) in [5.41, 5.74) is -1.49. The molecule has 0 aromatic carbocycles. The number of hydrogen-bond donors (Lipinski definition) is 0. The van der Waals surface area contributed by atoms with Gasteiger partial charge in [0.1, 0.15) is 5.60 Å². The predicted molar refractivity (Wildman–Crippen MR) is 99.0 cm³/mol. The van der Waals surface area contributed by atoms with Crippen LogP contribution in [0.5, 0.6) is 0 Å². The van der Waals surface area contributed by atoms with Crippen LogP contribution in [0.15, 0.2) is 12.7 Å². The molecule has 2 atom stereocenters. The molecule has 4 aliphatic carbocycles. The molecule has 0 aromatic heterocycles. The van der Waals surface area contributed by atoms with Crippen molar-refractivity contribution in [3.8, 4) is 0 Å². The van der Waals surface area contributed by atoms with Crippen LogP contribution < -0.4 is 0 Å². The van der Waals surface area contributed by atoms with Crippen molar-refractivity contribution in [2.75, 3.05) is 0 Å². The van der Waals surface area contributed by atoms with Crippen molar-refractivity contribution in [1.82, 2.24) is 0 Å². The van der Waals surface area contributed by atoms with E-state index in [4.69, 9.17) is 4.74 Å². The molecule has 17 heteroatoms. The van der Waals surface area contributed by atoms with E-state index >= 15 is 0 Å². The zero-order chi connectivity index (χ0) is 29.3. The van der Waals surface area contributed by atoms with E-state index in [0.717, 1.165) is 6.08 Å². The largest absolute Gasteiger partial charge is 0.460 e. The van der Waals surface area contributed by atoms with Gasteiger partial charge in [-0.3, -0.25) is 0 Å². The average molecular weight is 576 g/mol. The van der Waals surface area contributed by atoms with Crippen LogP contribution in [0.4, 0.5) is 48.3 Å². The topological polar surface area (TPSA) is 78.9 Å². The summed E-state index contributed by atoms with van der Waals surface area (Å²) in [6.45, 7) is 2.76. The third-order valence-corrected chi connectivity index (χ3v) is 7.07. The first-order chi connectivity index (χ1) is 17.0. The molecule has 0 saturated heterocycles. The minimum atomic E-state index is -7.02. The Morgan fingerprint density at radius 3 is 1.61 bits per heavy atom. The molecular formula is C21H19F11O6. The number of rotatable bonds is 8. The van der Waals surface area contributed by atoms with Crippen molar-refractivity contribution in [1.29, 1.82) is 0 Å². The monoisotopic (exact) mass is 576 g/mol. The van der Waals surface area contributed by atoms with Crippen LogP contribution in [0.1, 0.15) is 39.0 Å². The molecule has 0 spiro atoms. The molecule has 0 N–H and O–H groups in total. The Hall–Kier alpha value is -2.62. The molecule has 0 radical (unpaired) electrons. The van der Waals surface area contributed by atoms with Crippen LogP contribution in [0.25, 0.3) is 0 Å². The molecule has 4 saturated carbocycles. The Morgan fingerprint density at radius 2 is 1.21 bits per heavy atom. The van der Waals surface area contributed by atoms with E-state index in [0.29, 0.717) is 0 Å². The van der Waals surface area contributed by atoms with Crippen LogP contribution in [0.2, 0.25) is 0 Å². The highest BCUT2D eigenvalue weighted by Crippen LogP contribution is 2.63. The average Bonchev–Trinajstić information content (AvgIpc) is 2.74. The molecule has 2 unspecified atom stereocenters. The lowest BCUT2D eigenvalue weighted by molar-refractivity contribution is -0.369. The number of hydrogen-bond acceptors (Lipinski definition) is 6. The summed E-state index contributed by atoms with van der Waals surface area (Å²) < 4.78 is 162. The highest BCUT2D eigenvalue weighted by atomic mass is 19.4. The van der Waals surface area contributed by atoms with Gasteiger partial charge < -0.3 is 14.2 Å². The standard InChI is InChI=1S/C21H19F11O6/c1-3-12(33)36-16-6-9-4-10(7-16)17(11(5-9)8-16,37-13(34)18(24,25)15(2,22)23)38-14(35)19(26,27)20(28,29)21(30,31)32/h3,9-11H,1,4-8H2,2H3. The number of esters is 3. The van der Waals surface area contributed by atoms with Crippen molar-refractivity contribution in [2.45, 2.75) is 80.3 Å². The Balaban J connectivity index is 2.06. The number of carbonyl (C=O) groups excluding carboxylic acids is 3. The van der Waals surface area contributed by atoms with E-state index in [1.807, 2.05) is 0 Å². The second-order valence-electron chi connectivity index (χ2n) is 9.76. The maximum atomic E-state index is 14.1. The van der Waals surface area contributed by atoms with Crippen LogP contribution >= 0.6 is 0 Å². The van der Waals surface area contributed by atoms with E-state index in [2.05, 4.69) is 16.1 Å². The number of alkyl halides is 11. The minimum absolute atomic E-state index is 0.100. The van der Waals surface area contributed by atoms with Gasteiger partial charge in [-0.1, -0.05) is 6.58 Å². The van der Waals surface area contributed by atoms with Crippen LogP contribution in [-0.2, 0) is 28.6 Å². The van der Waals surface area contributed by atoms with Crippen molar-refractivity contribution in [2.24, 2.45) is 17.8 Å². The van der Waals surface area contributed by atoms with Gasteiger partial charge in [-0.25, -0.2) is 14.4 Å². The summed E-state index contributed by atoms with van der Waals surface area (Å²) >= 11 is 0. The fraction of sp³-hybridized carbons (Fsp3) is 0.762. The van der Waals surface area contributed by atoms with E-state index in [1.165, 1.54) is 0 Å². The van der Waals surface area contributed by atoms with Crippen LogP contribution in [0.3, 0.4) is 0 Å². The van der Waals surface area contributed by atoms with Gasteiger partial charge in [0.05, 0.1) is 0 Å². The van der Waals surface area contributed by atoms with Crippen molar-refractivity contribution < 1.29 is 76.9 Å². The normalized spacial score (nSPS) is 31.5. The Morgan fingerprint density at radius 1 is 0.763 bits per heavy atom. The minimum Gasteiger partial charge on any atom is -0.456 e.